The molecule has 1 aliphatic rings. The standard InChI is InChI=1S/C9H14O/c1-10-8-4-2-3-5-9-6-7-9/h9H,3,5-8H2,1H3. The highest BCUT2D eigenvalue weighted by molar-refractivity contribution is 4.99. The first kappa shape index (κ1) is 7.63. The minimum Gasteiger partial charge on any atom is -0.372 e. The first-order chi connectivity index (χ1) is 4.93. The molecule has 10 heavy (non-hydrogen) atoms. The van der Waals surface area contributed by atoms with Crippen LogP contribution in [0.3, 0.4) is 0 Å². The summed E-state index contributed by atoms with van der Waals surface area (Å²) in [6, 6.07) is 0. The molecule has 1 fully saturated rings. The van der Waals surface area contributed by atoms with Gasteiger partial charge in [-0.25, -0.2) is 0 Å². The van der Waals surface area contributed by atoms with Crippen LogP contribution >= 0.6 is 0 Å². The fourth-order valence-electron chi connectivity index (χ4n) is 0.894. The van der Waals surface area contributed by atoms with Crippen molar-refractivity contribution in [3.05, 3.63) is 0 Å². The van der Waals surface area contributed by atoms with E-state index in [1.54, 1.807) is 7.11 Å². The van der Waals surface area contributed by atoms with Crippen molar-refractivity contribution in [2.24, 2.45) is 5.92 Å². The molecule has 0 aliphatic heterocycles. The van der Waals surface area contributed by atoms with Crippen LogP contribution in [0, 0.1) is 17.8 Å². The Morgan fingerprint density at radius 1 is 1.40 bits per heavy atom. The summed E-state index contributed by atoms with van der Waals surface area (Å²) in [4.78, 5) is 0. The smallest absolute Gasteiger partial charge is 0.107 e. The monoisotopic (exact) mass is 138 g/mol. The van der Waals surface area contributed by atoms with Gasteiger partial charge in [-0.3, -0.25) is 0 Å². The molecule has 56 valence electrons. The number of methoxy groups -OCH3 is 1. The SMILES string of the molecule is COCC#CCCC1CC1. The molecule has 0 spiro atoms. The molecule has 0 saturated heterocycles. The highest BCUT2D eigenvalue weighted by Gasteiger charge is 2.19. The van der Waals surface area contributed by atoms with E-state index in [2.05, 4.69) is 11.8 Å². The number of ether oxygens (including phenoxy) is 1. The molecule has 1 aliphatic carbocycles. The van der Waals surface area contributed by atoms with Crippen molar-refractivity contribution in [1.29, 1.82) is 0 Å². The van der Waals surface area contributed by atoms with E-state index in [4.69, 9.17) is 4.74 Å². The molecular formula is C9H14O. The zero-order valence-corrected chi connectivity index (χ0v) is 6.52. The van der Waals surface area contributed by atoms with Crippen LogP contribution in [-0.4, -0.2) is 13.7 Å². The van der Waals surface area contributed by atoms with E-state index in [0.29, 0.717) is 6.61 Å². The largest absolute Gasteiger partial charge is 0.372 e. The second-order valence-electron chi connectivity index (χ2n) is 2.77. The average molecular weight is 138 g/mol. The van der Waals surface area contributed by atoms with Crippen LogP contribution in [0.2, 0.25) is 0 Å². The number of rotatable bonds is 3. The molecule has 0 N–H and O–H groups in total. The maximum atomic E-state index is 4.79. The van der Waals surface area contributed by atoms with Gasteiger partial charge < -0.3 is 4.74 Å². The third kappa shape index (κ3) is 3.53. The molecule has 0 radical (unpaired) electrons. The third-order valence-electron chi connectivity index (χ3n) is 1.72. The number of hydrogen-bond acceptors (Lipinski definition) is 1. The van der Waals surface area contributed by atoms with Gasteiger partial charge in [-0.2, -0.15) is 0 Å². The van der Waals surface area contributed by atoms with Crippen molar-refractivity contribution in [2.75, 3.05) is 13.7 Å². The quantitative estimate of drug-likeness (QED) is 0.540. The second kappa shape index (κ2) is 4.35. The Morgan fingerprint density at radius 3 is 2.80 bits per heavy atom. The van der Waals surface area contributed by atoms with Gasteiger partial charge in [0, 0.05) is 13.5 Å². The van der Waals surface area contributed by atoms with Crippen molar-refractivity contribution in [1.82, 2.24) is 0 Å². The Kier molecular flexibility index (Phi) is 3.32. The van der Waals surface area contributed by atoms with Crippen molar-refractivity contribution in [3.8, 4) is 11.8 Å². The topological polar surface area (TPSA) is 9.23 Å². The Balaban J connectivity index is 1.88. The summed E-state index contributed by atoms with van der Waals surface area (Å²) in [6.45, 7) is 0.588. The zero-order valence-electron chi connectivity index (χ0n) is 6.52. The second-order valence-corrected chi connectivity index (χ2v) is 2.77. The molecule has 0 unspecified atom stereocenters. The van der Waals surface area contributed by atoms with E-state index >= 15 is 0 Å². The molecule has 0 bridgehead atoms. The highest BCUT2D eigenvalue weighted by Crippen LogP contribution is 2.33. The Bertz CT molecular complexity index is 137. The summed E-state index contributed by atoms with van der Waals surface area (Å²) in [5.74, 6) is 7.04. The van der Waals surface area contributed by atoms with Crippen LogP contribution in [0.4, 0.5) is 0 Å². The van der Waals surface area contributed by atoms with Gasteiger partial charge in [0.05, 0.1) is 0 Å². The molecule has 0 aromatic carbocycles. The summed E-state index contributed by atoms with van der Waals surface area (Å²) in [5, 5.41) is 0. The average Bonchev–Trinajstić information content (AvgIpc) is 2.71. The van der Waals surface area contributed by atoms with Crippen LogP contribution in [0.15, 0.2) is 0 Å². The summed E-state index contributed by atoms with van der Waals surface area (Å²) in [7, 11) is 1.68. The van der Waals surface area contributed by atoms with Crippen LogP contribution in [0.5, 0.6) is 0 Å². The van der Waals surface area contributed by atoms with E-state index in [9.17, 15) is 0 Å². The minimum atomic E-state index is 0.588. The van der Waals surface area contributed by atoms with Gasteiger partial charge in [-0.15, -0.1) is 5.92 Å². The third-order valence-corrected chi connectivity index (χ3v) is 1.72. The lowest BCUT2D eigenvalue weighted by Gasteiger charge is -1.86. The summed E-state index contributed by atoms with van der Waals surface area (Å²) >= 11 is 0. The Labute approximate surface area is 62.8 Å². The van der Waals surface area contributed by atoms with E-state index in [-0.39, 0.29) is 0 Å². The molecule has 0 atom stereocenters. The normalized spacial score (nSPS) is 16.1. The minimum absolute atomic E-state index is 0.588. The molecule has 0 aromatic heterocycles. The predicted octanol–water partition coefficient (Wildman–Crippen LogP) is 1.83. The first-order valence-electron chi connectivity index (χ1n) is 3.88. The molecule has 0 amide bonds. The molecule has 1 rings (SSSR count). The Morgan fingerprint density at radius 2 is 2.20 bits per heavy atom. The predicted molar refractivity (Wildman–Crippen MR) is 41.6 cm³/mol. The maximum Gasteiger partial charge on any atom is 0.107 e. The maximum absolute atomic E-state index is 4.79. The van der Waals surface area contributed by atoms with Gasteiger partial charge in [0.2, 0.25) is 0 Å². The lowest BCUT2D eigenvalue weighted by atomic mass is 10.2. The van der Waals surface area contributed by atoms with Gasteiger partial charge >= 0.3 is 0 Å². The van der Waals surface area contributed by atoms with Crippen molar-refractivity contribution in [3.63, 3.8) is 0 Å². The Hall–Kier alpha value is -0.480. The van der Waals surface area contributed by atoms with Gasteiger partial charge in [0.1, 0.15) is 6.61 Å². The molecular weight excluding hydrogens is 124 g/mol. The summed E-state index contributed by atoms with van der Waals surface area (Å²) in [6.07, 6.45) is 5.24. The van der Waals surface area contributed by atoms with Crippen LogP contribution in [0.1, 0.15) is 25.7 Å². The van der Waals surface area contributed by atoms with E-state index in [1.165, 1.54) is 19.3 Å². The summed E-state index contributed by atoms with van der Waals surface area (Å²) in [5.41, 5.74) is 0. The van der Waals surface area contributed by atoms with E-state index < -0.39 is 0 Å². The van der Waals surface area contributed by atoms with E-state index in [1.807, 2.05) is 0 Å². The molecule has 0 heterocycles. The van der Waals surface area contributed by atoms with Crippen LogP contribution in [-0.2, 0) is 4.74 Å². The van der Waals surface area contributed by atoms with Gasteiger partial charge in [0.15, 0.2) is 0 Å². The lowest BCUT2D eigenvalue weighted by Crippen LogP contribution is -1.81. The fourth-order valence-corrected chi connectivity index (χ4v) is 0.894. The highest BCUT2D eigenvalue weighted by atomic mass is 16.5. The first-order valence-corrected chi connectivity index (χ1v) is 3.88. The van der Waals surface area contributed by atoms with Crippen molar-refractivity contribution in [2.45, 2.75) is 25.7 Å². The lowest BCUT2D eigenvalue weighted by molar-refractivity contribution is 0.239. The number of hydrogen-bond donors (Lipinski definition) is 0. The molecule has 1 saturated carbocycles. The summed E-state index contributed by atoms with van der Waals surface area (Å²) < 4.78 is 4.79. The van der Waals surface area contributed by atoms with Crippen molar-refractivity contribution < 1.29 is 4.74 Å². The van der Waals surface area contributed by atoms with Gasteiger partial charge in [0.25, 0.3) is 0 Å². The van der Waals surface area contributed by atoms with Gasteiger partial charge in [-0.1, -0.05) is 18.8 Å². The van der Waals surface area contributed by atoms with Crippen LogP contribution in [0.25, 0.3) is 0 Å². The molecule has 1 nitrogen and oxygen atoms in total. The molecule has 0 aromatic rings. The van der Waals surface area contributed by atoms with Crippen LogP contribution < -0.4 is 0 Å². The fraction of sp³-hybridized carbons (Fsp3) is 0.778. The van der Waals surface area contributed by atoms with Crippen molar-refractivity contribution >= 4 is 0 Å². The zero-order chi connectivity index (χ0) is 7.23. The van der Waals surface area contributed by atoms with E-state index in [0.717, 1.165) is 12.3 Å². The van der Waals surface area contributed by atoms with Gasteiger partial charge in [-0.05, 0) is 12.3 Å². The molecule has 1 heteroatoms.